The second-order valence-corrected chi connectivity index (χ2v) is 7.03. The molecule has 0 unspecified atom stereocenters. The topological polar surface area (TPSA) is 92.5 Å². The number of thiocarbonyl (C=S) groups is 1. The van der Waals surface area contributed by atoms with Gasteiger partial charge in [-0.3, -0.25) is 4.79 Å². The van der Waals surface area contributed by atoms with E-state index in [-0.39, 0.29) is 33.8 Å². The van der Waals surface area contributed by atoms with E-state index in [9.17, 15) is 13.2 Å². The molecular weight excluding hydrogens is 334 g/mol. The number of nitrogens with one attached hydrogen (secondary N) is 1. The summed E-state index contributed by atoms with van der Waals surface area (Å²) in [7, 11) is -0.643. The van der Waals surface area contributed by atoms with E-state index in [1.165, 1.54) is 17.0 Å². The largest absolute Gasteiger partial charge is 0.389 e. The molecule has 0 radical (unpaired) electrons. The summed E-state index contributed by atoms with van der Waals surface area (Å²) in [6.45, 7) is -0.0209. The average Bonchev–Trinajstić information content (AvgIpc) is 2.38. The molecule has 3 N–H and O–H groups in total. The van der Waals surface area contributed by atoms with Crippen LogP contribution in [0, 0.1) is 0 Å². The molecule has 116 valence electrons. The van der Waals surface area contributed by atoms with Crippen molar-refractivity contribution in [1.82, 2.24) is 9.62 Å². The number of rotatable bonds is 6. The van der Waals surface area contributed by atoms with Gasteiger partial charge in [0.1, 0.15) is 9.88 Å². The van der Waals surface area contributed by atoms with Crippen LogP contribution in [-0.2, 0) is 14.8 Å². The summed E-state index contributed by atoms with van der Waals surface area (Å²) in [5.41, 5.74) is 5.87. The third-order valence-corrected chi connectivity index (χ3v) is 4.81. The normalized spacial score (nSPS) is 11.2. The molecule has 0 aromatic heterocycles. The lowest BCUT2D eigenvalue weighted by molar-refractivity contribution is -0.128. The number of carbonyl (C=O) groups excluding carboxylic acids is 1. The fraction of sp³-hybridized carbons (Fsp3) is 0.333. The van der Waals surface area contributed by atoms with Gasteiger partial charge in [-0.1, -0.05) is 29.9 Å². The maximum absolute atomic E-state index is 12.2. The highest BCUT2D eigenvalue weighted by atomic mass is 35.5. The Balaban J connectivity index is 2.90. The van der Waals surface area contributed by atoms with Crippen LogP contribution in [-0.4, -0.2) is 44.9 Å². The SMILES string of the molecule is CN(C)C(=O)CCNS(=O)(=O)c1cc(C(N)=S)ccc1Cl. The van der Waals surface area contributed by atoms with Gasteiger partial charge in [0.15, 0.2) is 0 Å². The molecule has 0 aliphatic heterocycles. The zero-order valence-corrected chi connectivity index (χ0v) is 14.0. The molecule has 1 rings (SSSR count). The number of hydrogen-bond acceptors (Lipinski definition) is 4. The molecule has 0 atom stereocenters. The van der Waals surface area contributed by atoms with E-state index in [4.69, 9.17) is 29.6 Å². The Morgan fingerprint density at radius 3 is 2.57 bits per heavy atom. The molecule has 0 aliphatic carbocycles. The van der Waals surface area contributed by atoms with Crippen molar-refractivity contribution in [2.45, 2.75) is 11.3 Å². The number of nitrogens with zero attached hydrogens (tertiary/aromatic N) is 1. The Morgan fingerprint density at radius 2 is 2.05 bits per heavy atom. The first-order valence-corrected chi connectivity index (χ1v) is 8.21. The van der Waals surface area contributed by atoms with Crippen LogP contribution in [0.25, 0.3) is 0 Å². The van der Waals surface area contributed by atoms with Gasteiger partial charge in [-0.05, 0) is 12.1 Å². The number of hydrogen-bond donors (Lipinski definition) is 2. The molecule has 1 aromatic rings. The first-order chi connectivity index (χ1) is 9.65. The Kier molecular flexibility index (Phi) is 6.09. The monoisotopic (exact) mass is 349 g/mol. The average molecular weight is 350 g/mol. The van der Waals surface area contributed by atoms with E-state index in [0.29, 0.717) is 5.56 Å². The van der Waals surface area contributed by atoms with Crippen molar-refractivity contribution in [3.8, 4) is 0 Å². The van der Waals surface area contributed by atoms with Gasteiger partial charge in [-0.25, -0.2) is 13.1 Å². The van der Waals surface area contributed by atoms with Gasteiger partial charge in [0.25, 0.3) is 0 Å². The van der Waals surface area contributed by atoms with Crippen LogP contribution in [0.3, 0.4) is 0 Å². The lowest BCUT2D eigenvalue weighted by atomic mass is 10.2. The van der Waals surface area contributed by atoms with E-state index in [0.717, 1.165) is 0 Å². The summed E-state index contributed by atoms with van der Waals surface area (Å²) in [6, 6.07) is 4.26. The summed E-state index contributed by atoms with van der Waals surface area (Å²) in [5, 5.41) is 0.0569. The fourth-order valence-electron chi connectivity index (χ4n) is 1.46. The fourth-order valence-corrected chi connectivity index (χ4v) is 3.14. The predicted molar refractivity (Wildman–Crippen MR) is 85.8 cm³/mol. The van der Waals surface area contributed by atoms with Crippen LogP contribution in [0.5, 0.6) is 0 Å². The van der Waals surface area contributed by atoms with Crippen LogP contribution in [0.4, 0.5) is 0 Å². The highest BCUT2D eigenvalue weighted by molar-refractivity contribution is 7.89. The molecule has 0 bridgehead atoms. The molecule has 1 amide bonds. The summed E-state index contributed by atoms with van der Waals surface area (Å²) < 4.78 is 26.7. The smallest absolute Gasteiger partial charge is 0.242 e. The van der Waals surface area contributed by atoms with E-state index in [1.54, 1.807) is 20.2 Å². The van der Waals surface area contributed by atoms with Crippen molar-refractivity contribution in [2.24, 2.45) is 5.73 Å². The van der Waals surface area contributed by atoms with Gasteiger partial charge >= 0.3 is 0 Å². The number of carbonyl (C=O) groups is 1. The van der Waals surface area contributed by atoms with Crippen LogP contribution >= 0.6 is 23.8 Å². The van der Waals surface area contributed by atoms with Gasteiger partial charge in [0.05, 0.1) is 5.02 Å². The van der Waals surface area contributed by atoms with Crippen molar-refractivity contribution >= 4 is 44.7 Å². The first-order valence-electron chi connectivity index (χ1n) is 5.94. The minimum atomic E-state index is -3.84. The third-order valence-electron chi connectivity index (χ3n) is 2.63. The minimum absolute atomic E-state index is 0.0209. The van der Waals surface area contributed by atoms with E-state index >= 15 is 0 Å². The zero-order valence-electron chi connectivity index (χ0n) is 11.6. The standard InChI is InChI=1S/C12H16ClN3O3S2/c1-16(2)11(17)5-6-15-21(18,19)10-7-8(12(14)20)3-4-9(10)13/h3-4,7,15H,5-6H2,1-2H3,(H2,14,20). The molecule has 1 aromatic carbocycles. The van der Waals surface area contributed by atoms with E-state index < -0.39 is 10.0 Å². The maximum atomic E-state index is 12.2. The Hall–Kier alpha value is -1.22. The second-order valence-electron chi connectivity index (χ2n) is 4.45. The van der Waals surface area contributed by atoms with Crippen molar-refractivity contribution in [3.05, 3.63) is 28.8 Å². The molecular formula is C12H16ClN3O3S2. The molecule has 0 aliphatic rings. The van der Waals surface area contributed by atoms with E-state index in [1.807, 2.05) is 0 Å². The van der Waals surface area contributed by atoms with Crippen LogP contribution in [0.2, 0.25) is 5.02 Å². The predicted octanol–water partition coefficient (Wildman–Crippen LogP) is 0.731. The van der Waals surface area contributed by atoms with Gasteiger partial charge in [-0.2, -0.15) is 0 Å². The first kappa shape index (κ1) is 17.8. The third kappa shape index (κ3) is 4.92. The van der Waals surface area contributed by atoms with Gasteiger partial charge < -0.3 is 10.6 Å². The molecule has 6 nitrogen and oxygen atoms in total. The molecule has 0 spiro atoms. The van der Waals surface area contributed by atoms with Crippen LogP contribution < -0.4 is 10.5 Å². The summed E-state index contributed by atoms with van der Waals surface area (Å²) >= 11 is 10.7. The zero-order chi connectivity index (χ0) is 16.2. The van der Waals surface area contributed by atoms with Crippen molar-refractivity contribution in [3.63, 3.8) is 0 Å². The number of halogens is 1. The van der Waals surface area contributed by atoms with Gasteiger partial charge in [-0.15, -0.1) is 0 Å². The molecule has 0 heterocycles. The minimum Gasteiger partial charge on any atom is -0.389 e. The molecule has 0 saturated carbocycles. The number of sulfonamides is 1. The number of nitrogens with two attached hydrogens (primary N) is 1. The summed E-state index contributed by atoms with van der Waals surface area (Å²) in [4.78, 5) is 12.7. The Morgan fingerprint density at radius 1 is 1.43 bits per heavy atom. The Bertz CT molecular complexity index is 660. The summed E-state index contributed by atoms with van der Waals surface area (Å²) in [5.74, 6) is -0.180. The van der Waals surface area contributed by atoms with Crippen molar-refractivity contribution in [1.29, 1.82) is 0 Å². The number of amides is 1. The molecule has 0 fully saturated rings. The lowest BCUT2D eigenvalue weighted by Crippen LogP contribution is -2.30. The van der Waals surface area contributed by atoms with Gasteiger partial charge in [0.2, 0.25) is 15.9 Å². The highest BCUT2D eigenvalue weighted by Crippen LogP contribution is 2.22. The number of benzene rings is 1. The summed E-state index contributed by atoms with van der Waals surface area (Å²) in [6.07, 6.45) is 0.0544. The van der Waals surface area contributed by atoms with Crippen molar-refractivity contribution in [2.75, 3.05) is 20.6 Å². The van der Waals surface area contributed by atoms with Crippen molar-refractivity contribution < 1.29 is 13.2 Å². The quantitative estimate of drug-likeness (QED) is 0.739. The molecule has 0 saturated heterocycles. The van der Waals surface area contributed by atoms with E-state index in [2.05, 4.69) is 4.72 Å². The highest BCUT2D eigenvalue weighted by Gasteiger charge is 2.19. The second kappa shape index (κ2) is 7.17. The maximum Gasteiger partial charge on any atom is 0.242 e. The lowest BCUT2D eigenvalue weighted by Gasteiger charge is -2.12. The molecule has 21 heavy (non-hydrogen) atoms. The van der Waals surface area contributed by atoms with Crippen LogP contribution in [0.1, 0.15) is 12.0 Å². The Labute approximate surface area is 134 Å². The van der Waals surface area contributed by atoms with Crippen LogP contribution in [0.15, 0.2) is 23.1 Å². The molecule has 9 heteroatoms. The van der Waals surface area contributed by atoms with Gasteiger partial charge in [0, 0.05) is 32.6 Å².